The summed E-state index contributed by atoms with van der Waals surface area (Å²) in [7, 11) is -4.00. The monoisotopic (exact) mass is 273 g/mol. The van der Waals surface area contributed by atoms with Gasteiger partial charge in [0.15, 0.2) is 0 Å². The first-order valence-electron chi connectivity index (χ1n) is 5.61. The van der Waals surface area contributed by atoms with Gasteiger partial charge in [-0.15, -0.1) is 0 Å². The minimum atomic E-state index is -4.00. The topological polar surface area (TPSA) is 89.8 Å². The van der Waals surface area contributed by atoms with Crippen molar-refractivity contribution >= 4 is 16.0 Å². The van der Waals surface area contributed by atoms with E-state index in [0.717, 1.165) is 25.7 Å². The predicted octanol–water partition coefficient (Wildman–Crippen LogP) is -2.00. The number of hydrogen-bond donors (Lipinski definition) is 1. The maximum Gasteiger partial charge on any atom is 1.00 e. The Morgan fingerprint density at radius 3 is 2.35 bits per heavy atom. The van der Waals surface area contributed by atoms with Gasteiger partial charge in [0.05, 0.1) is 12.3 Å². The Kier molecular flexibility index (Phi) is 13.3. The number of rotatable bonds is 9. The zero-order chi connectivity index (χ0) is 12.4. The van der Waals surface area contributed by atoms with Crippen LogP contribution >= 0.6 is 0 Å². The Bertz CT molecular complexity index is 303. The van der Waals surface area contributed by atoms with Gasteiger partial charge in [-0.05, 0) is 18.7 Å². The van der Waals surface area contributed by atoms with Gasteiger partial charge >= 0.3 is 29.6 Å². The summed E-state index contributed by atoms with van der Waals surface area (Å²) in [5.41, 5.74) is 0. The van der Waals surface area contributed by atoms with Crippen molar-refractivity contribution in [3.05, 3.63) is 0 Å². The van der Waals surface area contributed by atoms with Crippen LogP contribution in [0.1, 0.15) is 45.4 Å². The van der Waals surface area contributed by atoms with Crippen molar-refractivity contribution in [3.8, 4) is 0 Å². The molecule has 1 N–H and O–H groups in total. The van der Waals surface area contributed by atoms with Crippen molar-refractivity contribution in [1.82, 2.24) is 0 Å². The summed E-state index contributed by atoms with van der Waals surface area (Å²) >= 11 is 0. The van der Waals surface area contributed by atoms with Crippen LogP contribution in [0, 0.1) is 0 Å². The molecule has 0 amide bonds. The van der Waals surface area contributed by atoms with E-state index in [-0.39, 0.29) is 42.0 Å². The molecule has 0 saturated heterocycles. The van der Waals surface area contributed by atoms with Gasteiger partial charge in [0.1, 0.15) is 0 Å². The van der Waals surface area contributed by atoms with Gasteiger partial charge < -0.3 is 10.1 Å². The third-order valence-electron chi connectivity index (χ3n) is 2.13. The van der Waals surface area contributed by atoms with Crippen LogP contribution in [0.5, 0.6) is 0 Å². The van der Waals surface area contributed by atoms with Gasteiger partial charge in [0.2, 0.25) is 0 Å². The van der Waals surface area contributed by atoms with E-state index in [4.69, 9.17) is 4.55 Å². The van der Waals surface area contributed by atoms with Crippen molar-refractivity contribution < 1.29 is 47.6 Å². The minimum absolute atomic E-state index is 0. The SMILES string of the molecule is CCCCCCCC([O-])=NCCS(=O)(=O)O.[Na+]. The van der Waals surface area contributed by atoms with Crippen LogP contribution < -0.4 is 34.7 Å². The Morgan fingerprint density at radius 1 is 1.24 bits per heavy atom. The average molecular weight is 273 g/mol. The average Bonchev–Trinajstić information content (AvgIpc) is 2.15. The maximum absolute atomic E-state index is 11.1. The van der Waals surface area contributed by atoms with E-state index in [0.29, 0.717) is 6.42 Å². The number of unbranched alkanes of at least 4 members (excludes halogenated alkanes) is 4. The Balaban J connectivity index is 0. The second-order valence-corrected chi connectivity index (χ2v) is 5.30. The van der Waals surface area contributed by atoms with Crippen molar-refractivity contribution in [2.75, 3.05) is 12.3 Å². The molecule has 0 aliphatic carbocycles. The fourth-order valence-corrected chi connectivity index (χ4v) is 1.57. The largest absolute Gasteiger partial charge is 1.00 e. The van der Waals surface area contributed by atoms with Crippen LogP contribution in [0.25, 0.3) is 0 Å². The Labute approximate surface area is 126 Å². The molecule has 0 aliphatic rings. The first-order chi connectivity index (χ1) is 7.45. The third kappa shape index (κ3) is 16.4. The van der Waals surface area contributed by atoms with Gasteiger partial charge in [-0.1, -0.05) is 32.6 Å². The van der Waals surface area contributed by atoms with Crippen LogP contribution in [-0.4, -0.2) is 31.2 Å². The van der Waals surface area contributed by atoms with E-state index < -0.39 is 15.9 Å². The summed E-state index contributed by atoms with van der Waals surface area (Å²) in [5.74, 6) is -0.755. The summed E-state index contributed by atoms with van der Waals surface area (Å²) in [6.45, 7) is 1.97. The van der Waals surface area contributed by atoms with Crippen LogP contribution in [0.2, 0.25) is 0 Å². The molecule has 0 radical (unpaired) electrons. The van der Waals surface area contributed by atoms with Gasteiger partial charge in [-0.3, -0.25) is 4.55 Å². The van der Waals surface area contributed by atoms with E-state index in [1.165, 1.54) is 6.42 Å². The quantitative estimate of drug-likeness (QED) is 0.173. The molecule has 0 aromatic carbocycles. The van der Waals surface area contributed by atoms with E-state index in [9.17, 15) is 13.5 Å². The van der Waals surface area contributed by atoms with Gasteiger partial charge in [-0.2, -0.15) is 8.42 Å². The third-order valence-corrected chi connectivity index (χ3v) is 2.83. The molecular weight excluding hydrogens is 253 g/mol. The number of aliphatic imine (C=N–C) groups is 1. The van der Waals surface area contributed by atoms with Gasteiger partial charge in [0, 0.05) is 0 Å². The minimum Gasteiger partial charge on any atom is -0.862 e. The van der Waals surface area contributed by atoms with Crippen molar-refractivity contribution in [1.29, 1.82) is 0 Å². The molecule has 0 aromatic heterocycles. The second kappa shape index (κ2) is 11.5. The summed E-state index contributed by atoms with van der Waals surface area (Å²) in [6.07, 6.45) is 5.63. The molecule has 0 bridgehead atoms. The summed E-state index contributed by atoms with van der Waals surface area (Å²) in [5, 5.41) is 11.1. The van der Waals surface area contributed by atoms with E-state index in [2.05, 4.69) is 11.9 Å². The number of hydrogen-bond acceptors (Lipinski definition) is 4. The van der Waals surface area contributed by atoms with Crippen LogP contribution in [0.15, 0.2) is 4.99 Å². The molecule has 0 aliphatic heterocycles. The molecule has 0 fully saturated rings. The van der Waals surface area contributed by atoms with Gasteiger partial charge in [0.25, 0.3) is 10.1 Å². The molecule has 0 atom stereocenters. The molecule has 0 rings (SSSR count). The fraction of sp³-hybridized carbons (Fsp3) is 0.900. The molecule has 0 saturated carbocycles. The van der Waals surface area contributed by atoms with E-state index in [1.54, 1.807) is 0 Å². The fourth-order valence-electron chi connectivity index (χ4n) is 1.24. The van der Waals surface area contributed by atoms with E-state index in [1.807, 2.05) is 0 Å². The van der Waals surface area contributed by atoms with E-state index >= 15 is 0 Å². The molecule has 17 heavy (non-hydrogen) atoms. The van der Waals surface area contributed by atoms with Gasteiger partial charge in [-0.25, -0.2) is 0 Å². The molecule has 0 aromatic rings. The van der Waals surface area contributed by atoms with Crippen molar-refractivity contribution in [2.24, 2.45) is 4.99 Å². The van der Waals surface area contributed by atoms with Crippen molar-refractivity contribution in [3.63, 3.8) is 0 Å². The van der Waals surface area contributed by atoms with Crippen LogP contribution in [-0.2, 0) is 10.1 Å². The second-order valence-electron chi connectivity index (χ2n) is 3.73. The first kappa shape index (κ1) is 19.7. The maximum atomic E-state index is 11.1. The number of nitrogens with zero attached hydrogens (tertiary/aromatic N) is 1. The Morgan fingerprint density at radius 2 is 1.82 bits per heavy atom. The molecule has 5 nitrogen and oxygen atoms in total. The summed E-state index contributed by atoms with van der Waals surface area (Å²) < 4.78 is 29.1. The standard InChI is InChI=1S/C10H21NO4S.Na/c1-2-3-4-5-6-7-10(12)11-8-9-16(13,14)15;/h2-9H2,1H3,(H,11,12)(H,13,14,15);/q;+1/p-1. The zero-order valence-electron chi connectivity index (χ0n) is 10.7. The molecule has 0 spiro atoms. The predicted molar refractivity (Wildman–Crippen MR) is 62.1 cm³/mol. The Hall–Kier alpha value is 0.380. The molecular formula is C10H20NNaO4S. The van der Waals surface area contributed by atoms with Crippen molar-refractivity contribution in [2.45, 2.75) is 45.4 Å². The first-order valence-corrected chi connectivity index (χ1v) is 7.22. The van der Waals surface area contributed by atoms with Crippen LogP contribution in [0.4, 0.5) is 0 Å². The zero-order valence-corrected chi connectivity index (χ0v) is 13.5. The summed E-state index contributed by atoms with van der Waals surface area (Å²) in [6, 6.07) is 0. The normalized spacial score (nSPS) is 12.2. The molecule has 0 heterocycles. The molecule has 96 valence electrons. The smallest absolute Gasteiger partial charge is 0.862 e. The molecule has 7 heteroatoms. The molecule has 0 unspecified atom stereocenters. The summed E-state index contributed by atoms with van der Waals surface area (Å²) in [4.78, 5) is 3.55. The van der Waals surface area contributed by atoms with Crippen LogP contribution in [0.3, 0.4) is 0 Å².